The van der Waals surface area contributed by atoms with E-state index in [-0.39, 0.29) is 0 Å². The van der Waals surface area contributed by atoms with E-state index in [1.807, 2.05) is 6.07 Å². The monoisotopic (exact) mass is 308 g/mol. The Bertz CT molecular complexity index is 418. The fourth-order valence-corrected chi connectivity index (χ4v) is 4.28. The van der Waals surface area contributed by atoms with Crippen LogP contribution in [0.5, 0.6) is 0 Å². The van der Waals surface area contributed by atoms with Crippen molar-refractivity contribution in [3.8, 4) is 0 Å². The molecule has 1 saturated heterocycles. The van der Waals surface area contributed by atoms with Gasteiger partial charge in [0.05, 0.1) is 0 Å². The third-order valence-electron chi connectivity index (χ3n) is 4.57. The lowest BCUT2D eigenvalue weighted by Crippen LogP contribution is -2.24. The van der Waals surface area contributed by atoms with Gasteiger partial charge in [0, 0.05) is 23.2 Å². The number of nitrogens with zero attached hydrogens (tertiary/aromatic N) is 1. The molecule has 3 rings (SSSR count). The maximum absolute atomic E-state index is 5.90. The summed E-state index contributed by atoms with van der Waals surface area (Å²) in [6.45, 7) is 3.59. The minimum Gasteiger partial charge on any atom is -0.399 e. The molecule has 2 N–H and O–H groups in total. The van der Waals surface area contributed by atoms with Crippen molar-refractivity contribution in [3.63, 3.8) is 0 Å². The van der Waals surface area contributed by atoms with Gasteiger partial charge in [-0.1, -0.05) is 28.8 Å². The van der Waals surface area contributed by atoms with E-state index in [4.69, 9.17) is 5.73 Å². The van der Waals surface area contributed by atoms with Crippen LogP contribution in [0.15, 0.2) is 22.7 Å². The van der Waals surface area contributed by atoms with Crippen LogP contribution < -0.4 is 5.73 Å². The van der Waals surface area contributed by atoms with Crippen molar-refractivity contribution < 1.29 is 0 Å². The summed E-state index contributed by atoms with van der Waals surface area (Å²) in [5.74, 6) is 0. The molecule has 18 heavy (non-hydrogen) atoms. The molecule has 0 unspecified atom stereocenters. The third kappa shape index (κ3) is 2.57. The Kier molecular flexibility index (Phi) is 3.37. The minimum atomic E-state index is 0.664. The van der Waals surface area contributed by atoms with E-state index < -0.39 is 0 Å². The molecule has 2 fully saturated rings. The van der Waals surface area contributed by atoms with Crippen molar-refractivity contribution in [2.45, 2.75) is 38.6 Å². The van der Waals surface area contributed by atoms with Crippen molar-refractivity contribution >= 4 is 21.6 Å². The summed E-state index contributed by atoms with van der Waals surface area (Å²) in [5, 5.41) is 0. The van der Waals surface area contributed by atoms with Crippen LogP contribution in [0, 0.1) is 5.41 Å². The van der Waals surface area contributed by atoms with Crippen LogP contribution >= 0.6 is 15.9 Å². The smallest absolute Gasteiger partial charge is 0.0328 e. The number of benzene rings is 1. The zero-order chi connectivity index (χ0) is 12.6. The van der Waals surface area contributed by atoms with Crippen LogP contribution in [-0.4, -0.2) is 18.0 Å². The van der Waals surface area contributed by atoms with Gasteiger partial charge in [-0.15, -0.1) is 0 Å². The quantitative estimate of drug-likeness (QED) is 0.842. The summed E-state index contributed by atoms with van der Waals surface area (Å²) in [6.07, 6.45) is 7.18. The largest absolute Gasteiger partial charge is 0.399 e. The molecular formula is C15H21BrN2. The van der Waals surface area contributed by atoms with Crippen LogP contribution in [0.2, 0.25) is 0 Å². The van der Waals surface area contributed by atoms with Crippen molar-refractivity contribution in [2.24, 2.45) is 5.41 Å². The van der Waals surface area contributed by atoms with Crippen LogP contribution in [-0.2, 0) is 6.54 Å². The molecular weight excluding hydrogens is 288 g/mol. The van der Waals surface area contributed by atoms with Gasteiger partial charge in [0.1, 0.15) is 0 Å². The minimum absolute atomic E-state index is 0.664. The third-order valence-corrected chi connectivity index (χ3v) is 5.03. The van der Waals surface area contributed by atoms with Crippen LogP contribution in [0.3, 0.4) is 0 Å². The molecule has 1 heterocycles. The Labute approximate surface area is 118 Å². The first kappa shape index (κ1) is 12.5. The Morgan fingerprint density at radius 1 is 1.17 bits per heavy atom. The van der Waals surface area contributed by atoms with Gasteiger partial charge in [-0.25, -0.2) is 0 Å². The molecule has 1 aliphatic carbocycles. The Morgan fingerprint density at radius 3 is 2.67 bits per heavy atom. The number of anilines is 1. The Morgan fingerprint density at radius 2 is 1.94 bits per heavy atom. The maximum Gasteiger partial charge on any atom is 0.0328 e. The van der Waals surface area contributed by atoms with Gasteiger partial charge < -0.3 is 5.73 Å². The zero-order valence-corrected chi connectivity index (χ0v) is 12.4. The molecule has 2 aliphatic rings. The molecule has 0 atom stereocenters. The molecule has 2 nitrogen and oxygen atoms in total. The molecule has 1 spiro atoms. The number of hydrogen-bond acceptors (Lipinski definition) is 2. The van der Waals surface area contributed by atoms with Crippen LogP contribution in [0.4, 0.5) is 5.69 Å². The Hall–Kier alpha value is -0.540. The van der Waals surface area contributed by atoms with Gasteiger partial charge in [-0.05, 0) is 55.0 Å². The van der Waals surface area contributed by atoms with Gasteiger partial charge in [0.2, 0.25) is 0 Å². The molecule has 1 saturated carbocycles. The van der Waals surface area contributed by atoms with Crippen LogP contribution in [0.25, 0.3) is 0 Å². The molecule has 0 aromatic heterocycles. The first-order valence-corrected chi connectivity index (χ1v) is 7.72. The van der Waals surface area contributed by atoms with Crippen LogP contribution in [0.1, 0.15) is 37.7 Å². The predicted octanol–water partition coefficient (Wildman–Crippen LogP) is 3.80. The fraction of sp³-hybridized carbons (Fsp3) is 0.600. The van der Waals surface area contributed by atoms with Gasteiger partial charge in [-0.2, -0.15) is 0 Å². The van der Waals surface area contributed by atoms with Crippen molar-refractivity contribution in [3.05, 3.63) is 28.2 Å². The highest BCUT2D eigenvalue weighted by molar-refractivity contribution is 9.10. The van der Waals surface area contributed by atoms with Gasteiger partial charge >= 0.3 is 0 Å². The number of halogens is 1. The van der Waals surface area contributed by atoms with Gasteiger partial charge in [-0.3, -0.25) is 4.90 Å². The summed E-state index contributed by atoms with van der Waals surface area (Å²) in [6, 6.07) is 6.26. The highest BCUT2D eigenvalue weighted by Gasteiger charge is 2.39. The molecule has 1 aliphatic heterocycles. The number of nitrogen functional groups attached to an aromatic ring is 1. The summed E-state index contributed by atoms with van der Waals surface area (Å²) in [5.41, 5.74) is 8.75. The lowest BCUT2D eigenvalue weighted by molar-refractivity contribution is 0.256. The van der Waals surface area contributed by atoms with E-state index in [9.17, 15) is 0 Å². The van der Waals surface area contributed by atoms with Gasteiger partial charge in [0.15, 0.2) is 0 Å². The lowest BCUT2D eigenvalue weighted by Gasteiger charge is -2.23. The fourth-order valence-electron chi connectivity index (χ4n) is 3.72. The molecule has 3 heteroatoms. The number of likely N-dealkylation sites (tertiary alicyclic amines) is 1. The van der Waals surface area contributed by atoms with Gasteiger partial charge in [0.25, 0.3) is 0 Å². The SMILES string of the molecule is Nc1cc(Br)cc(CN2CCC3(CCCC3)C2)c1. The van der Waals surface area contributed by atoms with E-state index in [2.05, 4.69) is 33.0 Å². The first-order chi connectivity index (χ1) is 8.65. The average Bonchev–Trinajstić information content (AvgIpc) is 2.89. The number of hydrogen-bond donors (Lipinski definition) is 1. The second-order valence-corrected chi connectivity index (χ2v) is 6.98. The maximum atomic E-state index is 5.90. The van der Waals surface area contributed by atoms with Crippen molar-refractivity contribution in [2.75, 3.05) is 18.8 Å². The van der Waals surface area contributed by atoms with E-state index in [1.165, 1.54) is 50.8 Å². The number of rotatable bonds is 2. The molecule has 0 bridgehead atoms. The second kappa shape index (κ2) is 4.86. The van der Waals surface area contributed by atoms with E-state index in [0.717, 1.165) is 16.7 Å². The topological polar surface area (TPSA) is 29.3 Å². The summed E-state index contributed by atoms with van der Waals surface area (Å²) in [4.78, 5) is 2.60. The summed E-state index contributed by atoms with van der Waals surface area (Å²) >= 11 is 3.52. The normalized spacial score (nSPS) is 22.9. The summed E-state index contributed by atoms with van der Waals surface area (Å²) in [7, 11) is 0. The van der Waals surface area contributed by atoms with E-state index in [0.29, 0.717) is 5.41 Å². The number of nitrogens with two attached hydrogens (primary N) is 1. The Balaban J connectivity index is 1.67. The van der Waals surface area contributed by atoms with Crippen molar-refractivity contribution in [1.29, 1.82) is 0 Å². The highest BCUT2D eigenvalue weighted by Crippen LogP contribution is 2.45. The molecule has 1 aromatic carbocycles. The predicted molar refractivity (Wildman–Crippen MR) is 79.3 cm³/mol. The summed E-state index contributed by atoms with van der Waals surface area (Å²) < 4.78 is 1.09. The molecule has 98 valence electrons. The zero-order valence-electron chi connectivity index (χ0n) is 10.8. The van der Waals surface area contributed by atoms with E-state index in [1.54, 1.807) is 0 Å². The average molecular weight is 309 g/mol. The van der Waals surface area contributed by atoms with Crippen molar-refractivity contribution in [1.82, 2.24) is 4.90 Å². The standard InChI is InChI=1S/C15H21BrN2/c16-13-7-12(8-14(17)9-13)10-18-6-5-15(11-18)3-1-2-4-15/h7-9H,1-6,10-11,17H2. The molecule has 0 radical (unpaired) electrons. The molecule has 0 amide bonds. The first-order valence-electron chi connectivity index (χ1n) is 6.93. The lowest BCUT2D eigenvalue weighted by atomic mass is 9.86. The second-order valence-electron chi connectivity index (χ2n) is 6.06. The molecule has 1 aromatic rings. The van der Waals surface area contributed by atoms with E-state index >= 15 is 0 Å². The highest BCUT2D eigenvalue weighted by atomic mass is 79.9.